The zero-order valence-electron chi connectivity index (χ0n) is 11.1. The summed E-state index contributed by atoms with van der Waals surface area (Å²) < 4.78 is 23.0. The number of nitrogens with one attached hydrogen (secondary N) is 1. The van der Waals surface area contributed by atoms with Crippen LogP contribution in [0.2, 0.25) is 0 Å². The summed E-state index contributed by atoms with van der Waals surface area (Å²) >= 11 is 0. The van der Waals surface area contributed by atoms with Gasteiger partial charge in [0.25, 0.3) is 0 Å². The number of carbonyl (C=O) groups is 1. The number of Topliss-reactive ketones (excluding diaryl/α,β-unsaturated/α-hetero) is 1. The van der Waals surface area contributed by atoms with E-state index in [1.54, 1.807) is 0 Å². The van der Waals surface area contributed by atoms with Gasteiger partial charge in [-0.3, -0.25) is 4.79 Å². The highest BCUT2D eigenvalue weighted by atomic mass is 32.2. The smallest absolute Gasteiger partial charge is 0.153 e. The largest absolute Gasteiger partial charge is 0.312 e. The summed E-state index contributed by atoms with van der Waals surface area (Å²) in [5, 5.41) is 3.11. The predicted molar refractivity (Wildman–Crippen MR) is 75.0 cm³/mol. The lowest BCUT2D eigenvalue weighted by atomic mass is 10.0. The van der Waals surface area contributed by atoms with Crippen molar-refractivity contribution >= 4 is 15.6 Å². The van der Waals surface area contributed by atoms with Crippen LogP contribution in [0.1, 0.15) is 17.5 Å². The second-order valence-electron chi connectivity index (χ2n) is 5.11. The molecule has 1 unspecified atom stereocenters. The van der Waals surface area contributed by atoms with E-state index in [1.165, 1.54) is 0 Å². The van der Waals surface area contributed by atoms with Crippen LogP contribution in [-0.4, -0.2) is 38.3 Å². The second-order valence-corrected chi connectivity index (χ2v) is 7.34. The zero-order valence-corrected chi connectivity index (χ0v) is 11.9. The summed E-state index contributed by atoms with van der Waals surface area (Å²) in [6.07, 6.45) is 0.665. The van der Waals surface area contributed by atoms with Crippen molar-refractivity contribution in [1.82, 2.24) is 5.32 Å². The van der Waals surface area contributed by atoms with E-state index in [-0.39, 0.29) is 29.8 Å². The van der Waals surface area contributed by atoms with Crippen molar-refractivity contribution in [3.05, 3.63) is 35.4 Å². The standard InChI is InChI=1S/C14H19NO3S/c1-11-4-2-3-5-12(11)8-14(16)9-13-10-19(17,18)7-6-15-13/h2-5,13,15H,6-10H2,1H3. The van der Waals surface area contributed by atoms with Crippen molar-refractivity contribution in [3.8, 4) is 0 Å². The molecule has 104 valence electrons. The van der Waals surface area contributed by atoms with Crippen molar-refractivity contribution in [1.29, 1.82) is 0 Å². The van der Waals surface area contributed by atoms with E-state index in [0.29, 0.717) is 13.0 Å². The first-order valence-corrected chi connectivity index (χ1v) is 8.28. The van der Waals surface area contributed by atoms with Gasteiger partial charge in [0.2, 0.25) is 0 Å². The lowest BCUT2D eigenvalue weighted by Gasteiger charge is -2.23. The van der Waals surface area contributed by atoms with Crippen LogP contribution in [-0.2, 0) is 21.1 Å². The maximum absolute atomic E-state index is 12.0. The fourth-order valence-corrected chi connectivity index (χ4v) is 3.81. The minimum atomic E-state index is -2.97. The summed E-state index contributed by atoms with van der Waals surface area (Å²) in [4.78, 5) is 12.0. The molecular formula is C14H19NO3S. The lowest BCUT2D eigenvalue weighted by molar-refractivity contribution is -0.118. The maximum Gasteiger partial charge on any atom is 0.153 e. The van der Waals surface area contributed by atoms with Crippen LogP contribution in [0.4, 0.5) is 0 Å². The Morgan fingerprint density at radius 2 is 2.11 bits per heavy atom. The number of carbonyl (C=O) groups excluding carboxylic acids is 1. The highest BCUT2D eigenvalue weighted by molar-refractivity contribution is 7.91. The molecule has 0 spiro atoms. The fourth-order valence-electron chi connectivity index (χ4n) is 2.37. The van der Waals surface area contributed by atoms with E-state index in [0.717, 1.165) is 11.1 Å². The first-order valence-electron chi connectivity index (χ1n) is 6.46. The molecule has 19 heavy (non-hydrogen) atoms. The molecule has 0 bridgehead atoms. The molecule has 0 aromatic heterocycles. The van der Waals surface area contributed by atoms with E-state index >= 15 is 0 Å². The van der Waals surface area contributed by atoms with Crippen molar-refractivity contribution < 1.29 is 13.2 Å². The quantitative estimate of drug-likeness (QED) is 0.890. The molecule has 0 radical (unpaired) electrons. The van der Waals surface area contributed by atoms with Gasteiger partial charge in [-0.25, -0.2) is 8.42 Å². The molecule has 0 aliphatic carbocycles. The predicted octanol–water partition coefficient (Wildman–Crippen LogP) is 0.883. The Balaban J connectivity index is 1.93. The molecule has 1 aliphatic heterocycles. The van der Waals surface area contributed by atoms with E-state index < -0.39 is 9.84 Å². The topological polar surface area (TPSA) is 63.2 Å². The van der Waals surface area contributed by atoms with E-state index in [2.05, 4.69) is 5.32 Å². The van der Waals surface area contributed by atoms with E-state index in [9.17, 15) is 13.2 Å². The molecule has 1 N–H and O–H groups in total. The summed E-state index contributed by atoms with van der Waals surface area (Å²) in [6, 6.07) is 7.55. The van der Waals surface area contributed by atoms with Crippen LogP contribution < -0.4 is 5.32 Å². The molecule has 1 aliphatic rings. The lowest BCUT2D eigenvalue weighted by Crippen LogP contribution is -2.46. The highest BCUT2D eigenvalue weighted by Gasteiger charge is 2.25. The molecule has 1 heterocycles. The molecule has 4 nitrogen and oxygen atoms in total. The van der Waals surface area contributed by atoms with Gasteiger partial charge < -0.3 is 5.32 Å². The van der Waals surface area contributed by atoms with Gasteiger partial charge in [0.05, 0.1) is 11.5 Å². The minimum absolute atomic E-state index is 0.0759. The molecular weight excluding hydrogens is 262 g/mol. The fraction of sp³-hybridized carbons (Fsp3) is 0.500. The number of hydrogen-bond acceptors (Lipinski definition) is 4. The Bertz CT molecular complexity index is 566. The van der Waals surface area contributed by atoms with E-state index in [1.807, 2.05) is 31.2 Å². The maximum atomic E-state index is 12.0. The SMILES string of the molecule is Cc1ccccc1CC(=O)CC1CS(=O)(=O)CCN1. The molecule has 1 saturated heterocycles. The molecule has 1 atom stereocenters. The van der Waals surface area contributed by atoms with Crippen molar-refractivity contribution in [2.75, 3.05) is 18.1 Å². The molecule has 0 saturated carbocycles. The Morgan fingerprint density at radius 3 is 2.79 bits per heavy atom. The number of sulfone groups is 1. The average Bonchev–Trinajstić information content (AvgIpc) is 2.30. The van der Waals surface area contributed by atoms with Gasteiger partial charge in [0, 0.05) is 25.4 Å². The molecule has 1 aromatic rings. The van der Waals surface area contributed by atoms with Crippen LogP contribution >= 0.6 is 0 Å². The third-order valence-electron chi connectivity index (χ3n) is 3.42. The minimum Gasteiger partial charge on any atom is -0.312 e. The normalized spacial score (nSPS) is 22.1. The monoisotopic (exact) mass is 281 g/mol. The van der Waals surface area contributed by atoms with Gasteiger partial charge in [-0.15, -0.1) is 0 Å². The molecule has 2 rings (SSSR count). The second kappa shape index (κ2) is 5.84. The average molecular weight is 281 g/mol. The summed E-state index contributed by atoms with van der Waals surface area (Å²) in [6.45, 7) is 2.43. The van der Waals surface area contributed by atoms with Crippen LogP contribution in [0.15, 0.2) is 24.3 Å². The van der Waals surface area contributed by atoms with Gasteiger partial charge in [-0.05, 0) is 18.1 Å². The Labute approximate surface area is 114 Å². The molecule has 0 amide bonds. The first kappa shape index (κ1) is 14.2. The number of benzene rings is 1. The van der Waals surface area contributed by atoms with Crippen LogP contribution in [0.25, 0.3) is 0 Å². The number of rotatable bonds is 4. The van der Waals surface area contributed by atoms with Gasteiger partial charge >= 0.3 is 0 Å². The summed E-state index contributed by atoms with van der Waals surface area (Å²) in [5.41, 5.74) is 2.12. The van der Waals surface area contributed by atoms with Gasteiger partial charge in [-0.1, -0.05) is 24.3 Å². The van der Waals surface area contributed by atoms with Gasteiger partial charge in [0.15, 0.2) is 9.84 Å². The van der Waals surface area contributed by atoms with Crippen LogP contribution in [0, 0.1) is 6.92 Å². The summed E-state index contributed by atoms with van der Waals surface area (Å²) in [5.74, 6) is 0.339. The number of aryl methyl sites for hydroxylation is 1. The zero-order chi connectivity index (χ0) is 13.9. The van der Waals surface area contributed by atoms with Crippen LogP contribution in [0.5, 0.6) is 0 Å². The Morgan fingerprint density at radius 1 is 1.37 bits per heavy atom. The molecule has 1 fully saturated rings. The first-order chi connectivity index (χ1) is 8.96. The Hall–Kier alpha value is -1.20. The van der Waals surface area contributed by atoms with Gasteiger partial charge in [-0.2, -0.15) is 0 Å². The Kier molecular flexibility index (Phi) is 4.37. The van der Waals surface area contributed by atoms with Crippen LogP contribution in [0.3, 0.4) is 0 Å². The van der Waals surface area contributed by atoms with E-state index in [4.69, 9.17) is 0 Å². The number of hydrogen-bond donors (Lipinski definition) is 1. The van der Waals surface area contributed by atoms with Crippen molar-refractivity contribution in [3.63, 3.8) is 0 Å². The highest BCUT2D eigenvalue weighted by Crippen LogP contribution is 2.11. The number of ketones is 1. The van der Waals surface area contributed by atoms with Gasteiger partial charge in [0.1, 0.15) is 5.78 Å². The van der Waals surface area contributed by atoms with Crippen molar-refractivity contribution in [2.45, 2.75) is 25.8 Å². The third kappa shape index (κ3) is 4.14. The third-order valence-corrected chi connectivity index (χ3v) is 5.16. The molecule has 5 heteroatoms. The summed E-state index contributed by atoms with van der Waals surface area (Å²) in [7, 11) is -2.97. The van der Waals surface area contributed by atoms with Crippen molar-refractivity contribution in [2.24, 2.45) is 0 Å². The molecule has 1 aromatic carbocycles.